The third kappa shape index (κ3) is 5.72. The van der Waals surface area contributed by atoms with E-state index >= 15 is 0 Å². The number of rotatable bonds is 5. The standard InChI is InChI=1S/C19H19NO4.C5H5.Fe/c1-3-20(4-2)14-9-10-15-16(11-14)23-18(21)12-17(15)24-19(22)13-7-5-6-8-13;1-2-4-5-3-1;/h5-12,22H,3-4H2,1-2H3;1-5H;/q;-1;. The van der Waals surface area contributed by atoms with E-state index < -0.39 is 5.63 Å². The number of aliphatic hydroxyl groups excluding tert-OH is 1. The van der Waals surface area contributed by atoms with Gasteiger partial charge >= 0.3 is 5.63 Å². The van der Waals surface area contributed by atoms with Gasteiger partial charge in [0.2, 0.25) is 0 Å². The summed E-state index contributed by atoms with van der Waals surface area (Å²) in [5, 5.41) is 10.7. The number of benzene rings is 1. The fourth-order valence-electron chi connectivity index (χ4n) is 2.99. The Kier molecular flexibility index (Phi) is 8.66. The summed E-state index contributed by atoms with van der Waals surface area (Å²) < 4.78 is 10.8. The third-order valence-corrected chi connectivity index (χ3v) is 4.49. The van der Waals surface area contributed by atoms with Gasteiger partial charge in [-0.15, -0.1) is 0 Å². The first-order valence-electron chi connectivity index (χ1n) is 9.57. The fraction of sp³-hybridized carbons (Fsp3) is 0.167. The van der Waals surface area contributed by atoms with Gasteiger partial charge < -0.3 is 19.2 Å². The van der Waals surface area contributed by atoms with Crippen LogP contribution in [0.25, 0.3) is 11.0 Å². The topological polar surface area (TPSA) is 62.9 Å². The maximum atomic E-state index is 11.8. The molecule has 5 nitrogen and oxygen atoms in total. The second kappa shape index (κ2) is 11.2. The van der Waals surface area contributed by atoms with Crippen LogP contribution in [0.15, 0.2) is 99.6 Å². The number of fused-ring (bicyclic) bond motifs is 1. The van der Waals surface area contributed by atoms with Crippen LogP contribution in [0.4, 0.5) is 5.69 Å². The quantitative estimate of drug-likeness (QED) is 0.249. The third-order valence-electron chi connectivity index (χ3n) is 4.49. The van der Waals surface area contributed by atoms with E-state index in [4.69, 9.17) is 9.15 Å². The van der Waals surface area contributed by atoms with Crippen molar-refractivity contribution in [2.24, 2.45) is 0 Å². The molecular weight excluding hydrogens is 422 g/mol. The molecule has 0 spiro atoms. The molecular formula is C24H24FeNO4-. The predicted octanol–water partition coefficient (Wildman–Crippen LogP) is 5.32. The molecule has 1 aliphatic carbocycles. The summed E-state index contributed by atoms with van der Waals surface area (Å²) in [6.07, 6.45) is 7.04. The van der Waals surface area contributed by atoms with E-state index in [0.717, 1.165) is 18.8 Å². The summed E-state index contributed by atoms with van der Waals surface area (Å²) in [6.45, 7) is 5.84. The zero-order chi connectivity index (χ0) is 20.6. The van der Waals surface area contributed by atoms with Gasteiger partial charge in [-0.05, 0) is 38.1 Å². The largest absolute Gasteiger partial charge is 0.480 e. The van der Waals surface area contributed by atoms with E-state index in [2.05, 4.69) is 18.7 Å². The second-order valence-electron chi connectivity index (χ2n) is 6.33. The summed E-state index contributed by atoms with van der Waals surface area (Å²) in [7, 11) is 0. The molecule has 1 N–H and O–H groups in total. The summed E-state index contributed by atoms with van der Waals surface area (Å²) in [4.78, 5) is 14.0. The minimum Gasteiger partial charge on any atom is -0.480 e. The van der Waals surface area contributed by atoms with Gasteiger partial charge in [0.05, 0.1) is 17.0 Å². The van der Waals surface area contributed by atoms with Gasteiger partial charge in [-0.3, -0.25) is 0 Å². The Morgan fingerprint density at radius 2 is 1.77 bits per heavy atom. The zero-order valence-corrected chi connectivity index (χ0v) is 18.0. The number of hydrogen-bond donors (Lipinski definition) is 1. The van der Waals surface area contributed by atoms with Crippen molar-refractivity contribution in [1.29, 1.82) is 0 Å². The first kappa shape index (κ1) is 23.2. The summed E-state index contributed by atoms with van der Waals surface area (Å²) in [5.74, 6) is 0.0192. The molecule has 0 atom stereocenters. The first-order chi connectivity index (χ1) is 14.1. The van der Waals surface area contributed by atoms with E-state index in [1.807, 2.05) is 48.5 Å². The van der Waals surface area contributed by atoms with Crippen molar-refractivity contribution in [3.63, 3.8) is 0 Å². The molecule has 6 heteroatoms. The molecule has 0 aliphatic heterocycles. The van der Waals surface area contributed by atoms with Crippen LogP contribution in [-0.2, 0) is 17.1 Å². The molecule has 0 saturated heterocycles. The van der Waals surface area contributed by atoms with Gasteiger partial charge in [0.15, 0.2) is 0 Å². The van der Waals surface area contributed by atoms with Crippen molar-refractivity contribution >= 4 is 16.7 Å². The van der Waals surface area contributed by atoms with E-state index in [9.17, 15) is 9.90 Å². The van der Waals surface area contributed by atoms with Gasteiger partial charge in [0.1, 0.15) is 11.3 Å². The number of nitrogens with zero attached hydrogens (tertiary/aromatic N) is 1. The van der Waals surface area contributed by atoms with Crippen LogP contribution < -0.4 is 15.3 Å². The fourth-order valence-corrected chi connectivity index (χ4v) is 2.99. The van der Waals surface area contributed by atoms with Gasteiger partial charge in [-0.1, -0.05) is 12.2 Å². The normalized spacial score (nSPS) is 11.6. The van der Waals surface area contributed by atoms with Gasteiger partial charge in [-0.2, -0.15) is 18.2 Å². The minimum atomic E-state index is -0.524. The molecule has 0 saturated carbocycles. The smallest absolute Gasteiger partial charge is 0.339 e. The van der Waals surface area contributed by atoms with E-state index in [0.29, 0.717) is 16.5 Å². The van der Waals surface area contributed by atoms with Crippen molar-refractivity contribution in [2.45, 2.75) is 13.8 Å². The molecule has 0 bridgehead atoms. The van der Waals surface area contributed by atoms with Crippen molar-refractivity contribution in [3.8, 4) is 5.75 Å². The maximum absolute atomic E-state index is 11.8. The molecule has 1 heterocycles. The Hall–Kier alpha value is -3.08. The molecule has 0 amide bonds. The van der Waals surface area contributed by atoms with Gasteiger partial charge in [-0.25, -0.2) is 16.9 Å². The van der Waals surface area contributed by atoms with Crippen LogP contribution in [0.1, 0.15) is 13.8 Å². The van der Waals surface area contributed by atoms with Crippen molar-refractivity contribution in [3.05, 3.63) is 101 Å². The second-order valence-corrected chi connectivity index (χ2v) is 6.33. The van der Waals surface area contributed by atoms with Crippen LogP contribution in [0.3, 0.4) is 0 Å². The Balaban J connectivity index is 0.000000468. The average molecular weight is 446 g/mol. The number of allylic oxidation sites excluding steroid dienone is 5. The van der Waals surface area contributed by atoms with Crippen LogP contribution in [0.5, 0.6) is 5.75 Å². The Morgan fingerprint density at radius 3 is 2.33 bits per heavy atom. The number of ether oxygens (including phenoxy) is 1. The molecule has 0 unspecified atom stereocenters. The van der Waals surface area contributed by atoms with Crippen molar-refractivity contribution < 1.29 is 31.3 Å². The van der Waals surface area contributed by atoms with Crippen LogP contribution in [0.2, 0.25) is 0 Å². The summed E-state index contributed by atoms with van der Waals surface area (Å²) >= 11 is 0. The average Bonchev–Trinajstić information content (AvgIpc) is 3.45. The van der Waals surface area contributed by atoms with E-state index in [1.165, 1.54) is 6.07 Å². The minimum absolute atomic E-state index is 0. The molecule has 158 valence electrons. The predicted molar refractivity (Wildman–Crippen MR) is 117 cm³/mol. The number of hydrogen-bond acceptors (Lipinski definition) is 5. The van der Waals surface area contributed by atoms with Gasteiger partial charge in [0, 0.05) is 41.9 Å². The first-order valence-corrected chi connectivity index (χ1v) is 9.57. The number of aliphatic hydroxyl groups is 1. The maximum Gasteiger partial charge on any atom is 0.339 e. The van der Waals surface area contributed by atoms with Crippen LogP contribution >= 0.6 is 0 Å². The van der Waals surface area contributed by atoms with E-state index in [-0.39, 0.29) is 28.8 Å². The summed E-state index contributed by atoms with van der Waals surface area (Å²) in [5.41, 5.74) is 1.43. The number of anilines is 1. The van der Waals surface area contributed by atoms with Gasteiger partial charge in [0.25, 0.3) is 5.95 Å². The Labute approximate surface area is 186 Å². The summed E-state index contributed by atoms with van der Waals surface area (Å²) in [6, 6.07) is 16.8. The molecule has 30 heavy (non-hydrogen) atoms. The molecule has 2 aromatic carbocycles. The van der Waals surface area contributed by atoms with Crippen LogP contribution in [-0.4, -0.2) is 18.2 Å². The Morgan fingerprint density at radius 1 is 1.10 bits per heavy atom. The SMILES string of the molecule is CCN(CC)c1ccc2c(OC(O)=C3C=CC=C3)cc(=O)oc2c1.[Fe].c1cc[cH-]c1. The zero-order valence-electron chi connectivity index (χ0n) is 16.9. The monoisotopic (exact) mass is 446 g/mol. The molecule has 4 rings (SSSR count). The van der Waals surface area contributed by atoms with Crippen molar-refractivity contribution in [1.82, 2.24) is 0 Å². The Bertz CT molecular complexity index is 1060. The molecule has 1 aliphatic rings. The van der Waals surface area contributed by atoms with E-state index in [1.54, 1.807) is 24.3 Å². The molecule has 3 aromatic rings. The molecule has 0 radical (unpaired) electrons. The molecule has 0 fully saturated rings. The van der Waals surface area contributed by atoms with Crippen molar-refractivity contribution in [2.75, 3.05) is 18.0 Å². The van der Waals surface area contributed by atoms with Crippen LogP contribution in [0, 0.1) is 0 Å². The molecule has 1 aromatic heterocycles.